The molecule has 1 aromatic carbocycles. The van der Waals surface area contributed by atoms with Gasteiger partial charge in [0.25, 0.3) is 0 Å². The maximum absolute atomic E-state index is 10.1. The number of rotatable bonds is 4. The lowest BCUT2D eigenvalue weighted by Crippen LogP contribution is -2.61. The van der Waals surface area contributed by atoms with Gasteiger partial charge in [0, 0.05) is 56.9 Å². The van der Waals surface area contributed by atoms with Crippen LogP contribution in [-0.4, -0.2) is 67.3 Å². The van der Waals surface area contributed by atoms with Gasteiger partial charge in [-0.25, -0.2) is 0 Å². The van der Waals surface area contributed by atoms with E-state index in [2.05, 4.69) is 22.0 Å². The van der Waals surface area contributed by atoms with Crippen LogP contribution in [0, 0.1) is 0 Å². The molecule has 3 rings (SSSR count). The van der Waals surface area contributed by atoms with Crippen LogP contribution >= 0.6 is 0 Å². The fourth-order valence-electron chi connectivity index (χ4n) is 3.21. The third kappa shape index (κ3) is 3.00. The lowest BCUT2D eigenvalue weighted by molar-refractivity contribution is 0.0547. The average Bonchev–Trinajstić information content (AvgIpc) is 2.46. The second-order valence-electron chi connectivity index (χ2n) is 5.98. The zero-order valence-corrected chi connectivity index (χ0v) is 12.9. The molecule has 0 radical (unpaired) electrons. The van der Waals surface area contributed by atoms with Gasteiger partial charge in [0.15, 0.2) is 0 Å². The van der Waals surface area contributed by atoms with E-state index in [1.165, 1.54) is 0 Å². The Labute approximate surface area is 126 Å². The van der Waals surface area contributed by atoms with Crippen molar-refractivity contribution < 1.29 is 9.84 Å². The predicted octanol–water partition coefficient (Wildman–Crippen LogP) is 1.05. The number of methoxy groups -OCH3 is 1. The molecule has 1 atom stereocenters. The van der Waals surface area contributed by atoms with Crippen LogP contribution in [0.5, 0.6) is 11.5 Å². The summed E-state index contributed by atoms with van der Waals surface area (Å²) in [7, 11) is 1.66. The highest BCUT2D eigenvalue weighted by atomic mass is 16.5. The van der Waals surface area contributed by atoms with Crippen LogP contribution < -0.4 is 10.1 Å². The van der Waals surface area contributed by atoms with E-state index in [1.54, 1.807) is 19.2 Å². The minimum atomic E-state index is 0.210. The van der Waals surface area contributed by atoms with Gasteiger partial charge in [-0.15, -0.1) is 0 Å². The smallest absolute Gasteiger partial charge is 0.120 e. The summed E-state index contributed by atoms with van der Waals surface area (Å²) in [5.41, 5.74) is 0.952. The summed E-state index contributed by atoms with van der Waals surface area (Å²) in [5, 5.41) is 13.5. The largest absolute Gasteiger partial charge is 0.508 e. The van der Waals surface area contributed by atoms with Gasteiger partial charge in [-0.05, 0) is 25.1 Å². The Balaban J connectivity index is 1.64. The van der Waals surface area contributed by atoms with Crippen LogP contribution in [0.15, 0.2) is 18.2 Å². The van der Waals surface area contributed by atoms with Gasteiger partial charge >= 0.3 is 0 Å². The molecule has 2 fully saturated rings. The number of nitrogens with one attached hydrogen (secondary N) is 1. The molecule has 2 aliphatic rings. The summed E-state index contributed by atoms with van der Waals surface area (Å²) in [5.74, 6) is 1.16. The first-order valence-corrected chi connectivity index (χ1v) is 7.74. The van der Waals surface area contributed by atoms with Crippen LogP contribution in [0.4, 0.5) is 0 Å². The summed E-state index contributed by atoms with van der Waals surface area (Å²) < 4.78 is 5.27. The molecule has 116 valence electrons. The van der Waals surface area contributed by atoms with Crippen molar-refractivity contribution >= 4 is 0 Å². The first kappa shape index (κ1) is 14.6. The van der Waals surface area contributed by atoms with Gasteiger partial charge in [0.2, 0.25) is 0 Å². The third-order valence-electron chi connectivity index (χ3n) is 4.86. The van der Waals surface area contributed by atoms with Crippen LogP contribution in [-0.2, 0) is 0 Å². The van der Waals surface area contributed by atoms with E-state index in [0.717, 1.165) is 56.6 Å². The molecule has 2 saturated heterocycles. The number of hydrogen-bond acceptors (Lipinski definition) is 5. The maximum Gasteiger partial charge on any atom is 0.120 e. The predicted molar refractivity (Wildman–Crippen MR) is 82.9 cm³/mol. The van der Waals surface area contributed by atoms with Gasteiger partial charge in [-0.3, -0.25) is 9.80 Å². The fraction of sp³-hybridized carbons (Fsp3) is 0.625. The molecule has 5 heteroatoms. The lowest BCUT2D eigenvalue weighted by atomic mass is 10.0. The van der Waals surface area contributed by atoms with Crippen molar-refractivity contribution in [3.05, 3.63) is 23.8 Å². The molecular weight excluding hydrogens is 266 g/mol. The van der Waals surface area contributed by atoms with Crippen LogP contribution in [0.2, 0.25) is 0 Å². The van der Waals surface area contributed by atoms with E-state index >= 15 is 0 Å². The standard InChI is InChI=1S/C16H25N3O2/c1-12(15-9-14(21-2)3-4-16(15)20)18-5-7-19(8-6-18)13-10-17-11-13/h3-4,9,12-13,17,20H,5-8,10-11H2,1-2H3. The highest BCUT2D eigenvalue weighted by molar-refractivity contribution is 5.41. The van der Waals surface area contributed by atoms with Crippen LogP contribution in [0.25, 0.3) is 0 Å². The van der Waals surface area contributed by atoms with Crippen molar-refractivity contribution in [1.29, 1.82) is 0 Å². The number of phenolic OH excluding ortho intramolecular Hbond substituents is 1. The zero-order chi connectivity index (χ0) is 14.8. The normalized spacial score (nSPS) is 22.8. The number of aromatic hydroxyl groups is 1. The van der Waals surface area contributed by atoms with Crippen molar-refractivity contribution in [3.8, 4) is 11.5 Å². The van der Waals surface area contributed by atoms with Gasteiger partial charge in [0.05, 0.1) is 7.11 Å². The van der Waals surface area contributed by atoms with Gasteiger partial charge in [0.1, 0.15) is 11.5 Å². The van der Waals surface area contributed by atoms with E-state index in [9.17, 15) is 5.11 Å². The highest BCUT2D eigenvalue weighted by Gasteiger charge is 2.30. The molecule has 1 aromatic rings. The number of phenols is 1. The van der Waals surface area contributed by atoms with Gasteiger partial charge in [-0.2, -0.15) is 0 Å². The topological polar surface area (TPSA) is 48.0 Å². The average molecular weight is 291 g/mol. The first-order valence-electron chi connectivity index (χ1n) is 7.74. The van der Waals surface area contributed by atoms with Crippen molar-refractivity contribution in [1.82, 2.24) is 15.1 Å². The minimum Gasteiger partial charge on any atom is -0.508 e. The van der Waals surface area contributed by atoms with Crippen LogP contribution in [0.1, 0.15) is 18.5 Å². The number of piperazine rings is 1. The molecule has 0 aromatic heterocycles. The van der Waals surface area contributed by atoms with Gasteiger partial charge < -0.3 is 15.2 Å². The monoisotopic (exact) mass is 291 g/mol. The SMILES string of the molecule is COc1ccc(O)c(C(C)N2CCN(C3CNC3)CC2)c1. The molecule has 0 spiro atoms. The van der Waals surface area contributed by atoms with Crippen molar-refractivity contribution in [2.24, 2.45) is 0 Å². The number of ether oxygens (including phenoxy) is 1. The fourth-order valence-corrected chi connectivity index (χ4v) is 3.21. The molecule has 0 aliphatic carbocycles. The molecule has 0 amide bonds. The third-order valence-corrected chi connectivity index (χ3v) is 4.86. The molecule has 2 N–H and O–H groups in total. The quantitative estimate of drug-likeness (QED) is 0.868. The Morgan fingerprint density at radius 1 is 1.24 bits per heavy atom. The maximum atomic E-state index is 10.1. The molecule has 0 saturated carbocycles. The molecule has 1 unspecified atom stereocenters. The Kier molecular flexibility index (Phi) is 4.33. The number of hydrogen-bond donors (Lipinski definition) is 2. The molecule has 0 bridgehead atoms. The second kappa shape index (κ2) is 6.22. The minimum absolute atomic E-state index is 0.210. The summed E-state index contributed by atoms with van der Waals surface area (Å²) in [4.78, 5) is 5.02. The number of benzene rings is 1. The Morgan fingerprint density at radius 3 is 2.52 bits per heavy atom. The first-order chi connectivity index (χ1) is 10.2. The van der Waals surface area contributed by atoms with E-state index < -0.39 is 0 Å². The van der Waals surface area contributed by atoms with Gasteiger partial charge in [-0.1, -0.05) is 0 Å². The molecular formula is C16H25N3O2. The highest BCUT2D eigenvalue weighted by Crippen LogP contribution is 2.32. The second-order valence-corrected chi connectivity index (χ2v) is 5.98. The molecule has 21 heavy (non-hydrogen) atoms. The summed E-state index contributed by atoms with van der Waals surface area (Å²) in [6.07, 6.45) is 0. The molecule has 2 aliphatic heterocycles. The lowest BCUT2D eigenvalue weighted by Gasteiger charge is -2.44. The number of nitrogens with zero attached hydrogens (tertiary/aromatic N) is 2. The summed E-state index contributed by atoms with van der Waals surface area (Å²) in [6, 6.07) is 6.41. The van der Waals surface area contributed by atoms with E-state index in [4.69, 9.17) is 4.74 Å². The molecule has 2 heterocycles. The van der Waals surface area contributed by atoms with E-state index in [1.807, 2.05) is 6.07 Å². The van der Waals surface area contributed by atoms with Crippen molar-refractivity contribution in [2.75, 3.05) is 46.4 Å². The van der Waals surface area contributed by atoms with Crippen LogP contribution in [0.3, 0.4) is 0 Å². The zero-order valence-electron chi connectivity index (χ0n) is 12.9. The molecule has 5 nitrogen and oxygen atoms in total. The van der Waals surface area contributed by atoms with Crippen molar-refractivity contribution in [2.45, 2.75) is 19.0 Å². The summed E-state index contributed by atoms with van der Waals surface area (Å²) >= 11 is 0. The Hall–Kier alpha value is -1.30. The van der Waals surface area contributed by atoms with E-state index in [-0.39, 0.29) is 6.04 Å². The van der Waals surface area contributed by atoms with E-state index in [0.29, 0.717) is 5.75 Å². The Morgan fingerprint density at radius 2 is 1.95 bits per heavy atom. The summed E-state index contributed by atoms with van der Waals surface area (Å²) in [6.45, 7) is 8.75. The Bertz CT molecular complexity index is 482. The van der Waals surface area contributed by atoms with Crippen molar-refractivity contribution in [3.63, 3.8) is 0 Å².